The number of hydrogen-bond acceptors (Lipinski definition) is 2. The molecule has 0 aliphatic heterocycles. The molecule has 0 spiro atoms. The van der Waals surface area contributed by atoms with Gasteiger partial charge in [0, 0.05) is 0 Å². The van der Waals surface area contributed by atoms with Crippen LogP contribution in [0, 0.1) is 0 Å². The number of aliphatic hydroxyl groups is 1. The van der Waals surface area contributed by atoms with Crippen molar-refractivity contribution < 1.29 is 5.11 Å². The van der Waals surface area contributed by atoms with E-state index in [-0.39, 0.29) is 24.7 Å². The van der Waals surface area contributed by atoms with E-state index >= 15 is 0 Å². The minimum absolute atomic E-state index is 0. The third-order valence-corrected chi connectivity index (χ3v) is 0.591. The van der Waals surface area contributed by atoms with Gasteiger partial charge in [-0.15, -0.1) is 12.4 Å². The fourth-order valence-corrected chi connectivity index (χ4v) is 0. The van der Waals surface area contributed by atoms with Crippen LogP contribution in [0.1, 0.15) is 20.3 Å². The molecule has 0 aliphatic carbocycles. The molecule has 0 radical (unpaired) electrons. The molecular formula is C4H14ClNO. The second kappa shape index (κ2) is 9.51. The highest BCUT2D eigenvalue weighted by Crippen LogP contribution is 1.81. The quantitative estimate of drug-likeness (QED) is 0.559. The lowest BCUT2D eigenvalue weighted by molar-refractivity contribution is 0.191. The molecule has 48 valence electrons. The fourth-order valence-electron chi connectivity index (χ4n) is 0. The average molecular weight is 128 g/mol. The molecule has 0 aromatic heterocycles. The summed E-state index contributed by atoms with van der Waals surface area (Å²) >= 11 is 0. The van der Waals surface area contributed by atoms with E-state index < -0.39 is 0 Å². The zero-order valence-electron chi connectivity index (χ0n) is 4.85. The maximum atomic E-state index is 8.36. The van der Waals surface area contributed by atoms with E-state index in [0.717, 1.165) is 6.42 Å². The van der Waals surface area contributed by atoms with Gasteiger partial charge in [0.2, 0.25) is 0 Å². The maximum Gasteiger partial charge on any atom is 0.0509 e. The first-order valence-electron chi connectivity index (χ1n) is 1.95. The lowest BCUT2D eigenvalue weighted by atomic mass is 10.3. The molecular weight excluding hydrogens is 114 g/mol. The average Bonchev–Trinajstić information content (AvgIpc) is 1.38. The molecule has 0 amide bonds. The number of aliphatic hydroxyl groups excluding tert-OH is 1. The van der Waals surface area contributed by atoms with Crippen LogP contribution >= 0.6 is 12.4 Å². The van der Waals surface area contributed by atoms with Gasteiger partial charge in [-0.25, -0.2) is 0 Å². The van der Waals surface area contributed by atoms with Gasteiger partial charge in [0.1, 0.15) is 0 Å². The monoisotopic (exact) mass is 127 g/mol. The van der Waals surface area contributed by atoms with Crippen LogP contribution in [-0.2, 0) is 0 Å². The van der Waals surface area contributed by atoms with Crippen LogP contribution in [0.3, 0.4) is 0 Å². The predicted octanol–water partition coefficient (Wildman–Crippen LogP) is 1.36. The van der Waals surface area contributed by atoms with E-state index in [9.17, 15) is 0 Å². The van der Waals surface area contributed by atoms with E-state index in [2.05, 4.69) is 0 Å². The lowest BCUT2D eigenvalue weighted by Gasteiger charge is -1.90. The third-order valence-electron chi connectivity index (χ3n) is 0.591. The summed E-state index contributed by atoms with van der Waals surface area (Å²) in [5, 5.41) is 8.36. The van der Waals surface area contributed by atoms with E-state index in [1.165, 1.54) is 0 Å². The van der Waals surface area contributed by atoms with Crippen LogP contribution < -0.4 is 6.15 Å². The molecule has 1 atom stereocenters. The smallest absolute Gasteiger partial charge is 0.0509 e. The molecule has 7 heavy (non-hydrogen) atoms. The van der Waals surface area contributed by atoms with Gasteiger partial charge in [-0.1, -0.05) is 6.92 Å². The Morgan fingerprint density at radius 1 is 1.57 bits per heavy atom. The topological polar surface area (TPSA) is 55.2 Å². The molecule has 0 bridgehead atoms. The van der Waals surface area contributed by atoms with Crippen molar-refractivity contribution in [3.05, 3.63) is 0 Å². The molecule has 2 nitrogen and oxygen atoms in total. The summed E-state index contributed by atoms with van der Waals surface area (Å²) in [6.07, 6.45) is 0.745. The first kappa shape index (κ1) is 15.7. The Morgan fingerprint density at radius 3 is 1.71 bits per heavy atom. The van der Waals surface area contributed by atoms with Gasteiger partial charge >= 0.3 is 0 Å². The molecule has 4 N–H and O–H groups in total. The SMILES string of the molecule is CCC(C)O.Cl.N. The van der Waals surface area contributed by atoms with Crippen molar-refractivity contribution in [2.75, 3.05) is 0 Å². The summed E-state index contributed by atoms with van der Waals surface area (Å²) in [4.78, 5) is 0. The Kier molecular flexibility index (Phi) is 21.3. The molecule has 0 saturated heterocycles. The molecule has 0 fully saturated rings. The van der Waals surface area contributed by atoms with Gasteiger partial charge in [-0.05, 0) is 13.3 Å². The first-order valence-corrected chi connectivity index (χ1v) is 1.95. The highest BCUT2D eigenvalue weighted by Gasteiger charge is 1.81. The van der Waals surface area contributed by atoms with Crippen molar-refractivity contribution in [3.63, 3.8) is 0 Å². The summed E-state index contributed by atoms with van der Waals surface area (Å²) in [5.74, 6) is 0. The molecule has 0 heterocycles. The summed E-state index contributed by atoms with van der Waals surface area (Å²) in [6, 6.07) is 0. The van der Waals surface area contributed by atoms with E-state index in [1.54, 1.807) is 6.92 Å². The van der Waals surface area contributed by atoms with Crippen molar-refractivity contribution in [2.45, 2.75) is 26.4 Å². The van der Waals surface area contributed by atoms with Crippen LogP contribution in [0.2, 0.25) is 0 Å². The second-order valence-corrected chi connectivity index (χ2v) is 1.26. The minimum atomic E-state index is -0.116. The van der Waals surface area contributed by atoms with Crippen LogP contribution in [0.25, 0.3) is 0 Å². The molecule has 1 unspecified atom stereocenters. The zero-order chi connectivity index (χ0) is 4.28. The Morgan fingerprint density at radius 2 is 1.71 bits per heavy atom. The summed E-state index contributed by atoms with van der Waals surface area (Å²) in [5.41, 5.74) is 0. The zero-order valence-corrected chi connectivity index (χ0v) is 5.66. The molecule has 0 aromatic rings. The van der Waals surface area contributed by atoms with Crippen LogP contribution in [0.15, 0.2) is 0 Å². The summed E-state index contributed by atoms with van der Waals surface area (Å²) < 4.78 is 0. The standard InChI is InChI=1S/C4H10O.ClH.H3N/c1-3-4(2)5;;/h4-5H,3H2,1-2H3;1H;1H3. The Labute approximate surface area is 50.9 Å². The van der Waals surface area contributed by atoms with Crippen molar-refractivity contribution in [3.8, 4) is 0 Å². The van der Waals surface area contributed by atoms with Crippen LogP contribution in [0.5, 0.6) is 0 Å². The first-order chi connectivity index (χ1) is 2.27. The van der Waals surface area contributed by atoms with Crippen molar-refractivity contribution in [2.24, 2.45) is 0 Å². The van der Waals surface area contributed by atoms with Crippen LogP contribution in [-0.4, -0.2) is 11.2 Å². The largest absolute Gasteiger partial charge is 0.393 e. The summed E-state index contributed by atoms with van der Waals surface area (Å²) in [7, 11) is 0. The van der Waals surface area contributed by atoms with Gasteiger partial charge in [0.25, 0.3) is 0 Å². The van der Waals surface area contributed by atoms with Gasteiger partial charge in [0.05, 0.1) is 6.10 Å². The Bertz CT molecular complexity index is 25.7. The Hall–Kier alpha value is 0.210. The number of halogens is 1. The molecule has 3 heteroatoms. The van der Waals surface area contributed by atoms with Gasteiger partial charge < -0.3 is 11.3 Å². The second-order valence-electron chi connectivity index (χ2n) is 1.26. The molecule has 0 saturated carbocycles. The van der Waals surface area contributed by atoms with Crippen molar-refractivity contribution in [1.82, 2.24) is 6.15 Å². The fraction of sp³-hybridized carbons (Fsp3) is 1.00. The highest BCUT2D eigenvalue weighted by molar-refractivity contribution is 5.85. The highest BCUT2D eigenvalue weighted by atomic mass is 35.5. The van der Waals surface area contributed by atoms with E-state index in [0.29, 0.717) is 0 Å². The lowest BCUT2D eigenvalue weighted by Crippen LogP contribution is -1.93. The number of rotatable bonds is 1. The van der Waals surface area contributed by atoms with E-state index in [4.69, 9.17) is 5.11 Å². The predicted molar refractivity (Wildman–Crippen MR) is 34.2 cm³/mol. The van der Waals surface area contributed by atoms with Gasteiger partial charge in [-0.3, -0.25) is 0 Å². The minimum Gasteiger partial charge on any atom is -0.393 e. The normalized spacial score (nSPS) is 10.7. The third kappa shape index (κ3) is 22.5. The Balaban J connectivity index is -0.0000000800. The number of hydrogen-bond donors (Lipinski definition) is 2. The summed E-state index contributed by atoms with van der Waals surface area (Å²) in [6.45, 7) is 3.73. The van der Waals surface area contributed by atoms with Crippen molar-refractivity contribution in [1.29, 1.82) is 0 Å². The molecule has 0 aliphatic rings. The van der Waals surface area contributed by atoms with Gasteiger partial charge in [-0.2, -0.15) is 0 Å². The van der Waals surface area contributed by atoms with E-state index in [1.807, 2.05) is 6.92 Å². The molecule has 0 rings (SSSR count). The van der Waals surface area contributed by atoms with Gasteiger partial charge in [0.15, 0.2) is 0 Å². The maximum absolute atomic E-state index is 8.36. The van der Waals surface area contributed by atoms with Crippen LogP contribution in [0.4, 0.5) is 0 Å². The van der Waals surface area contributed by atoms with Crippen molar-refractivity contribution >= 4 is 12.4 Å². The molecule has 0 aromatic carbocycles.